The number of hydrogen-bond donors (Lipinski definition) is 1. The number of halogens is 1. The number of fused-ring (bicyclic) bond motifs is 1. The van der Waals surface area contributed by atoms with Gasteiger partial charge in [-0.05, 0) is 29.7 Å². The Kier molecular flexibility index (Phi) is 2.99. The van der Waals surface area contributed by atoms with E-state index < -0.39 is 0 Å². The SMILES string of the molecule is Brc1cccc(Nc2nccc3ccccc23)c1. The zero-order chi connectivity index (χ0) is 12.4. The van der Waals surface area contributed by atoms with Crippen LogP contribution in [-0.2, 0) is 0 Å². The fourth-order valence-corrected chi connectivity index (χ4v) is 2.32. The molecule has 0 spiro atoms. The Morgan fingerprint density at radius 3 is 2.72 bits per heavy atom. The van der Waals surface area contributed by atoms with Crippen molar-refractivity contribution in [1.29, 1.82) is 0 Å². The maximum Gasteiger partial charge on any atom is 0.138 e. The van der Waals surface area contributed by atoms with Crippen LogP contribution in [0.5, 0.6) is 0 Å². The van der Waals surface area contributed by atoms with Crippen molar-refractivity contribution >= 4 is 38.2 Å². The average molecular weight is 299 g/mol. The molecular formula is C15H11BrN2. The Hall–Kier alpha value is -1.87. The smallest absolute Gasteiger partial charge is 0.138 e. The van der Waals surface area contributed by atoms with Gasteiger partial charge in [0.15, 0.2) is 0 Å². The van der Waals surface area contributed by atoms with Crippen molar-refractivity contribution in [2.45, 2.75) is 0 Å². The average Bonchev–Trinajstić information content (AvgIpc) is 2.39. The molecular weight excluding hydrogens is 288 g/mol. The lowest BCUT2D eigenvalue weighted by atomic mass is 10.1. The summed E-state index contributed by atoms with van der Waals surface area (Å²) in [5, 5.41) is 5.66. The lowest BCUT2D eigenvalue weighted by Gasteiger charge is -2.08. The fourth-order valence-electron chi connectivity index (χ4n) is 1.92. The first-order valence-electron chi connectivity index (χ1n) is 5.69. The highest BCUT2D eigenvalue weighted by molar-refractivity contribution is 9.10. The zero-order valence-electron chi connectivity index (χ0n) is 9.60. The third-order valence-corrected chi connectivity index (χ3v) is 3.25. The molecule has 0 saturated carbocycles. The monoisotopic (exact) mass is 298 g/mol. The fraction of sp³-hybridized carbons (Fsp3) is 0. The minimum atomic E-state index is 0.881. The highest BCUT2D eigenvalue weighted by atomic mass is 79.9. The Bertz CT molecular complexity index is 689. The first-order valence-corrected chi connectivity index (χ1v) is 6.48. The van der Waals surface area contributed by atoms with Crippen LogP contribution in [0.15, 0.2) is 65.3 Å². The van der Waals surface area contributed by atoms with Crippen LogP contribution in [-0.4, -0.2) is 4.98 Å². The number of hydrogen-bond acceptors (Lipinski definition) is 2. The van der Waals surface area contributed by atoms with Gasteiger partial charge in [-0.25, -0.2) is 4.98 Å². The zero-order valence-corrected chi connectivity index (χ0v) is 11.2. The molecule has 1 N–H and O–H groups in total. The number of anilines is 2. The first-order chi connectivity index (χ1) is 8.83. The molecule has 0 radical (unpaired) electrons. The van der Waals surface area contributed by atoms with Crippen LogP contribution in [0, 0.1) is 0 Å². The molecule has 18 heavy (non-hydrogen) atoms. The van der Waals surface area contributed by atoms with Crippen LogP contribution >= 0.6 is 15.9 Å². The van der Waals surface area contributed by atoms with Crippen molar-refractivity contribution in [2.75, 3.05) is 5.32 Å². The molecule has 0 aliphatic carbocycles. The van der Waals surface area contributed by atoms with E-state index in [0.717, 1.165) is 21.4 Å². The molecule has 88 valence electrons. The third kappa shape index (κ3) is 2.22. The maximum atomic E-state index is 4.41. The first kappa shape index (κ1) is 11.2. The second-order valence-electron chi connectivity index (χ2n) is 4.02. The largest absolute Gasteiger partial charge is 0.340 e. The molecule has 0 saturated heterocycles. The minimum absolute atomic E-state index is 0.881. The molecule has 0 amide bonds. The van der Waals surface area contributed by atoms with Gasteiger partial charge in [0.25, 0.3) is 0 Å². The topological polar surface area (TPSA) is 24.9 Å². The molecule has 0 atom stereocenters. The Balaban J connectivity index is 2.05. The van der Waals surface area contributed by atoms with Crippen LogP contribution in [0.2, 0.25) is 0 Å². The Morgan fingerprint density at radius 2 is 1.83 bits per heavy atom. The summed E-state index contributed by atoms with van der Waals surface area (Å²) in [5.74, 6) is 0.881. The quantitative estimate of drug-likeness (QED) is 0.739. The third-order valence-electron chi connectivity index (χ3n) is 2.76. The molecule has 0 bridgehead atoms. The second kappa shape index (κ2) is 4.78. The molecule has 0 aliphatic heterocycles. The van der Waals surface area contributed by atoms with Gasteiger partial charge >= 0.3 is 0 Å². The van der Waals surface area contributed by atoms with E-state index in [1.165, 1.54) is 5.39 Å². The van der Waals surface area contributed by atoms with Crippen LogP contribution in [0.1, 0.15) is 0 Å². The van der Waals surface area contributed by atoms with Gasteiger partial charge in [0.05, 0.1) is 0 Å². The molecule has 1 heterocycles. The summed E-state index contributed by atoms with van der Waals surface area (Å²) in [6, 6.07) is 18.3. The molecule has 3 rings (SSSR count). The van der Waals surface area contributed by atoms with E-state index in [9.17, 15) is 0 Å². The summed E-state index contributed by atoms with van der Waals surface area (Å²) in [6.45, 7) is 0. The van der Waals surface area contributed by atoms with Crippen LogP contribution < -0.4 is 5.32 Å². The van der Waals surface area contributed by atoms with Crippen molar-refractivity contribution in [3.05, 3.63) is 65.3 Å². The van der Waals surface area contributed by atoms with Gasteiger partial charge in [0.2, 0.25) is 0 Å². The summed E-state index contributed by atoms with van der Waals surface area (Å²) in [7, 11) is 0. The van der Waals surface area contributed by atoms with Gasteiger partial charge < -0.3 is 5.32 Å². The van der Waals surface area contributed by atoms with E-state index in [2.05, 4.69) is 38.4 Å². The molecule has 1 aromatic heterocycles. The molecule has 0 unspecified atom stereocenters. The van der Waals surface area contributed by atoms with E-state index in [1.54, 1.807) is 0 Å². The second-order valence-corrected chi connectivity index (χ2v) is 4.93. The summed E-state index contributed by atoms with van der Waals surface area (Å²) >= 11 is 3.46. The highest BCUT2D eigenvalue weighted by Crippen LogP contribution is 2.25. The van der Waals surface area contributed by atoms with Gasteiger partial charge in [0, 0.05) is 21.7 Å². The molecule has 2 nitrogen and oxygen atoms in total. The van der Waals surface area contributed by atoms with E-state index >= 15 is 0 Å². The minimum Gasteiger partial charge on any atom is -0.340 e. The number of pyridine rings is 1. The molecule has 2 aromatic carbocycles. The molecule has 0 aliphatic rings. The summed E-state index contributed by atoms with van der Waals surface area (Å²) in [6.07, 6.45) is 1.82. The predicted molar refractivity (Wildman–Crippen MR) is 79.2 cm³/mol. The van der Waals surface area contributed by atoms with Gasteiger partial charge in [-0.2, -0.15) is 0 Å². The number of benzene rings is 2. The molecule has 3 aromatic rings. The van der Waals surface area contributed by atoms with E-state index in [0.29, 0.717) is 0 Å². The van der Waals surface area contributed by atoms with Crippen molar-refractivity contribution in [2.24, 2.45) is 0 Å². The number of nitrogens with one attached hydrogen (secondary N) is 1. The van der Waals surface area contributed by atoms with E-state index in [-0.39, 0.29) is 0 Å². The summed E-state index contributed by atoms with van der Waals surface area (Å²) in [4.78, 5) is 4.41. The molecule has 0 fully saturated rings. The van der Waals surface area contributed by atoms with Crippen LogP contribution in [0.3, 0.4) is 0 Å². The number of aromatic nitrogens is 1. The number of rotatable bonds is 2. The predicted octanol–water partition coefficient (Wildman–Crippen LogP) is 4.74. The van der Waals surface area contributed by atoms with Crippen molar-refractivity contribution in [1.82, 2.24) is 4.98 Å². The van der Waals surface area contributed by atoms with E-state index in [1.807, 2.05) is 48.7 Å². The van der Waals surface area contributed by atoms with Gasteiger partial charge in [-0.15, -0.1) is 0 Å². The lowest BCUT2D eigenvalue weighted by Crippen LogP contribution is -1.94. The van der Waals surface area contributed by atoms with Crippen molar-refractivity contribution in [3.63, 3.8) is 0 Å². The summed E-state index contributed by atoms with van der Waals surface area (Å²) < 4.78 is 1.05. The normalized spacial score (nSPS) is 10.5. The van der Waals surface area contributed by atoms with Gasteiger partial charge in [0.1, 0.15) is 5.82 Å². The highest BCUT2D eigenvalue weighted by Gasteiger charge is 2.02. The molecule has 3 heteroatoms. The van der Waals surface area contributed by atoms with Gasteiger partial charge in [-0.1, -0.05) is 46.3 Å². The van der Waals surface area contributed by atoms with E-state index in [4.69, 9.17) is 0 Å². The van der Waals surface area contributed by atoms with Crippen LogP contribution in [0.4, 0.5) is 11.5 Å². The Labute approximate surface area is 114 Å². The Morgan fingerprint density at radius 1 is 0.944 bits per heavy atom. The maximum absolute atomic E-state index is 4.41. The standard InChI is InChI=1S/C15H11BrN2/c16-12-5-3-6-13(10-12)18-15-14-7-2-1-4-11(14)8-9-17-15/h1-10H,(H,17,18). The lowest BCUT2D eigenvalue weighted by molar-refractivity contribution is 1.34. The number of nitrogens with zero attached hydrogens (tertiary/aromatic N) is 1. The van der Waals surface area contributed by atoms with Crippen molar-refractivity contribution < 1.29 is 0 Å². The van der Waals surface area contributed by atoms with Gasteiger partial charge in [-0.3, -0.25) is 0 Å². The van der Waals surface area contributed by atoms with Crippen molar-refractivity contribution in [3.8, 4) is 0 Å². The summed E-state index contributed by atoms with van der Waals surface area (Å²) in [5.41, 5.74) is 1.02. The van der Waals surface area contributed by atoms with Crippen LogP contribution in [0.25, 0.3) is 10.8 Å².